The Labute approximate surface area is 168 Å². The van der Waals surface area contributed by atoms with Crippen LogP contribution in [0.5, 0.6) is 5.75 Å². The van der Waals surface area contributed by atoms with Gasteiger partial charge in [-0.1, -0.05) is 18.7 Å². The van der Waals surface area contributed by atoms with Gasteiger partial charge in [0.25, 0.3) is 5.91 Å². The lowest BCUT2D eigenvalue weighted by molar-refractivity contribution is -0.274. The highest BCUT2D eigenvalue weighted by atomic mass is 19.4. The van der Waals surface area contributed by atoms with E-state index in [-0.39, 0.29) is 17.0 Å². The number of halogens is 3. The summed E-state index contributed by atoms with van der Waals surface area (Å²) in [5.74, 6) is -1.76. The fourth-order valence-corrected chi connectivity index (χ4v) is 2.80. The van der Waals surface area contributed by atoms with Gasteiger partial charge in [-0.05, 0) is 29.8 Å². The predicted molar refractivity (Wildman–Crippen MR) is 101 cm³/mol. The smallest absolute Gasteiger partial charge is 0.464 e. The fraction of sp³-hybridized carbons (Fsp3) is 0.150. The molecule has 1 amide bonds. The Bertz CT molecular complexity index is 1130. The van der Waals surface area contributed by atoms with Crippen molar-refractivity contribution in [2.45, 2.75) is 6.36 Å². The van der Waals surface area contributed by atoms with Gasteiger partial charge in [0.1, 0.15) is 11.4 Å². The summed E-state index contributed by atoms with van der Waals surface area (Å²) < 4.78 is 47.2. The number of aryl methyl sites for hydroxylation is 1. The Hall–Kier alpha value is -3.82. The number of imidazole rings is 1. The molecule has 0 saturated heterocycles. The largest absolute Gasteiger partial charge is 0.573 e. The molecule has 1 aromatic heterocycles. The first-order valence-electron chi connectivity index (χ1n) is 8.49. The van der Waals surface area contributed by atoms with Crippen LogP contribution in [0.1, 0.15) is 10.4 Å². The Kier molecular flexibility index (Phi) is 5.50. The number of esters is 1. The van der Waals surface area contributed by atoms with Crippen molar-refractivity contribution in [2.24, 2.45) is 7.05 Å². The lowest BCUT2D eigenvalue weighted by Crippen LogP contribution is -2.27. The van der Waals surface area contributed by atoms with Crippen LogP contribution in [-0.2, 0) is 16.6 Å². The number of nitrogens with one attached hydrogen (secondary N) is 1. The second-order valence-corrected chi connectivity index (χ2v) is 6.24. The Morgan fingerprint density at radius 1 is 1.17 bits per heavy atom. The molecular weight excluding hydrogens is 403 g/mol. The number of carbonyl (C=O) groups excluding carboxylic acids is 2. The third-order valence-corrected chi connectivity index (χ3v) is 4.19. The number of fused-ring (bicyclic) bond motifs is 1. The van der Waals surface area contributed by atoms with E-state index >= 15 is 0 Å². The summed E-state index contributed by atoms with van der Waals surface area (Å²) in [5, 5.41) is 2.35. The van der Waals surface area contributed by atoms with Crippen molar-refractivity contribution in [3.8, 4) is 16.9 Å². The topological polar surface area (TPSA) is 82.5 Å². The van der Waals surface area contributed by atoms with Gasteiger partial charge in [-0.3, -0.25) is 4.79 Å². The van der Waals surface area contributed by atoms with E-state index in [1.54, 1.807) is 24.0 Å². The number of rotatable bonds is 5. The molecule has 1 heterocycles. The maximum Gasteiger partial charge on any atom is 0.573 e. The van der Waals surface area contributed by atoms with Crippen LogP contribution in [0.2, 0.25) is 0 Å². The number of amides is 1. The molecule has 0 aliphatic rings. The number of hydrogen-bond donors (Lipinski definition) is 1. The molecule has 10 heteroatoms. The second-order valence-electron chi connectivity index (χ2n) is 6.24. The van der Waals surface area contributed by atoms with E-state index < -0.39 is 18.2 Å². The zero-order valence-corrected chi connectivity index (χ0v) is 15.9. The van der Waals surface area contributed by atoms with E-state index in [2.05, 4.69) is 26.4 Å². The van der Waals surface area contributed by atoms with Crippen LogP contribution >= 0.6 is 0 Å². The van der Waals surface area contributed by atoms with E-state index in [4.69, 9.17) is 0 Å². The number of benzene rings is 2. The molecule has 0 saturated carbocycles. The minimum atomic E-state index is -4.80. The van der Waals surface area contributed by atoms with E-state index in [1.807, 2.05) is 0 Å². The molecule has 2 aromatic carbocycles. The van der Waals surface area contributed by atoms with Crippen LogP contribution in [0.15, 0.2) is 55.0 Å². The normalized spacial score (nSPS) is 11.2. The van der Waals surface area contributed by atoms with Gasteiger partial charge >= 0.3 is 12.3 Å². The summed E-state index contributed by atoms with van der Waals surface area (Å²) in [7, 11) is 2.89. The molecule has 0 aliphatic carbocycles. The molecule has 0 aliphatic heterocycles. The maximum atomic E-state index is 12.6. The number of carbonyl (C=O) groups is 2. The van der Waals surface area contributed by atoms with Gasteiger partial charge in [0.05, 0.1) is 24.5 Å². The fourth-order valence-electron chi connectivity index (χ4n) is 2.80. The van der Waals surface area contributed by atoms with Crippen molar-refractivity contribution in [1.82, 2.24) is 14.9 Å². The quantitative estimate of drug-likeness (QED) is 0.505. The summed E-state index contributed by atoms with van der Waals surface area (Å²) in [6.45, 7) is 3.45. The number of ether oxygens (including phenoxy) is 2. The molecule has 0 atom stereocenters. The van der Waals surface area contributed by atoms with Crippen molar-refractivity contribution < 1.29 is 32.2 Å². The van der Waals surface area contributed by atoms with Gasteiger partial charge in [-0.15, -0.1) is 13.2 Å². The first-order valence-corrected chi connectivity index (χ1v) is 8.49. The standard InChI is InChI=1S/C20H16F3N3O4/c1-11(19(28)29-3)25-18(27)13-8-15(17-16(9-13)26(2)10-24-17)12-4-6-14(7-5-12)30-20(21,22)23/h4-10H,1H2,2-3H3,(H,25,27). The average molecular weight is 419 g/mol. The summed E-state index contributed by atoms with van der Waals surface area (Å²) in [6.07, 6.45) is -3.25. The third-order valence-electron chi connectivity index (χ3n) is 4.19. The lowest BCUT2D eigenvalue weighted by Gasteiger charge is -2.11. The monoisotopic (exact) mass is 419 g/mol. The van der Waals surface area contributed by atoms with Crippen LogP contribution in [0.3, 0.4) is 0 Å². The minimum absolute atomic E-state index is 0.196. The van der Waals surface area contributed by atoms with Crippen molar-refractivity contribution in [3.05, 3.63) is 60.6 Å². The van der Waals surface area contributed by atoms with Gasteiger partial charge in [0.15, 0.2) is 0 Å². The van der Waals surface area contributed by atoms with Crippen LogP contribution in [0.4, 0.5) is 13.2 Å². The molecule has 3 aromatic rings. The highest BCUT2D eigenvalue weighted by Gasteiger charge is 2.31. The van der Waals surface area contributed by atoms with Gasteiger partial charge in [-0.2, -0.15) is 0 Å². The molecule has 0 radical (unpaired) electrons. The Morgan fingerprint density at radius 3 is 2.43 bits per heavy atom. The number of aromatic nitrogens is 2. The van der Waals surface area contributed by atoms with Crippen LogP contribution < -0.4 is 10.1 Å². The van der Waals surface area contributed by atoms with Crippen molar-refractivity contribution in [2.75, 3.05) is 7.11 Å². The average Bonchev–Trinajstić information content (AvgIpc) is 3.07. The van der Waals surface area contributed by atoms with Crippen LogP contribution in [0.25, 0.3) is 22.2 Å². The van der Waals surface area contributed by atoms with Gasteiger partial charge in [-0.25, -0.2) is 9.78 Å². The van der Waals surface area contributed by atoms with Crippen molar-refractivity contribution >= 4 is 22.9 Å². The lowest BCUT2D eigenvalue weighted by atomic mass is 10.0. The first kappa shape index (κ1) is 20.9. The molecule has 156 valence electrons. The van der Waals surface area contributed by atoms with E-state index in [0.717, 1.165) is 7.11 Å². The molecule has 7 nitrogen and oxygen atoms in total. The van der Waals surface area contributed by atoms with Crippen molar-refractivity contribution in [3.63, 3.8) is 0 Å². The number of methoxy groups -OCH3 is 1. The zero-order chi connectivity index (χ0) is 22.1. The Morgan fingerprint density at radius 2 is 1.83 bits per heavy atom. The van der Waals surface area contributed by atoms with Crippen LogP contribution in [0, 0.1) is 0 Å². The second kappa shape index (κ2) is 7.90. The number of alkyl halides is 3. The summed E-state index contributed by atoms with van der Waals surface area (Å²) in [5.41, 5.74) is 2.15. The number of nitrogens with zero attached hydrogens (tertiary/aromatic N) is 2. The van der Waals surface area contributed by atoms with Crippen molar-refractivity contribution in [1.29, 1.82) is 0 Å². The van der Waals surface area contributed by atoms with E-state index in [0.29, 0.717) is 22.2 Å². The van der Waals surface area contributed by atoms with Crippen LogP contribution in [-0.4, -0.2) is 34.9 Å². The number of hydrogen-bond acceptors (Lipinski definition) is 5. The summed E-state index contributed by atoms with van der Waals surface area (Å²) in [6, 6.07) is 8.30. The van der Waals surface area contributed by atoms with E-state index in [9.17, 15) is 22.8 Å². The molecule has 30 heavy (non-hydrogen) atoms. The molecule has 0 bridgehead atoms. The molecular formula is C20H16F3N3O4. The highest BCUT2D eigenvalue weighted by molar-refractivity contribution is 6.05. The Balaban J connectivity index is 2.01. The van der Waals surface area contributed by atoms with Gasteiger partial charge in [0, 0.05) is 18.2 Å². The van der Waals surface area contributed by atoms with Gasteiger partial charge < -0.3 is 19.4 Å². The molecule has 1 N–H and O–H groups in total. The van der Waals surface area contributed by atoms with Gasteiger partial charge in [0.2, 0.25) is 0 Å². The third kappa shape index (κ3) is 4.43. The first-order chi connectivity index (χ1) is 14.1. The summed E-state index contributed by atoms with van der Waals surface area (Å²) >= 11 is 0. The molecule has 3 rings (SSSR count). The molecule has 0 unspecified atom stereocenters. The molecule has 0 spiro atoms. The molecule has 0 fully saturated rings. The summed E-state index contributed by atoms with van der Waals surface area (Å²) in [4.78, 5) is 28.4. The SMILES string of the molecule is C=C(NC(=O)c1cc(-c2ccc(OC(F)(F)F)cc2)c2ncn(C)c2c1)C(=O)OC. The zero-order valence-electron chi connectivity index (χ0n) is 15.9. The predicted octanol–water partition coefficient (Wildman–Crippen LogP) is 3.56. The van der Waals surface area contributed by atoms with E-state index in [1.165, 1.54) is 30.3 Å². The minimum Gasteiger partial charge on any atom is -0.464 e. The highest BCUT2D eigenvalue weighted by Crippen LogP contribution is 2.31. The maximum absolute atomic E-state index is 12.6.